The molecule has 1 atom stereocenters. The zero-order valence-corrected chi connectivity index (χ0v) is 14.6. The molecule has 0 bridgehead atoms. The van der Waals surface area contributed by atoms with Crippen molar-refractivity contribution in [2.24, 2.45) is 5.92 Å². The maximum Gasteiger partial charge on any atom is 0.315 e. The SMILES string of the molecule is CC(NC(=O)NC1CCC(C(=O)O)CC1)c1ncc(-c2ccccc2)o1. The van der Waals surface area contributed by atoms with Crippen LogP contribution < -0.4 is 10.6 Å². The Kier molecular flexibility index (Phi) is 5.55. The molecule has 2 aromatic rings. The lowest BCUT2D eigenvalue weighted by Crippen LogP contribution is -2.44. The van der Waals surface area contributed by atoms with Crippen LogP contribution in [0.3, 0.4) is 0 Å². The van der Waals surface area contributed by atoms with Crippen molar-refractivity contribution in [2.45, 2.75) is 44.7 Å². The van der Waals surface area contributed by atoms with Gasteiger partial charge in [-0.1, -0.05) is 30.3 Å². The number of oxazole rings is 1. The van der Waals surface area contributed by atoms with Gasteiger partial charge in [-0.15, -0.1) is 0 Å². The number of nitrogens with one attached hydrogen (secondary N) is 2. The van der Waals surface area contributed by atoms with E-state index in [-0.39, 0.29) is 24.0 Å². The van der Waals surface area contributed by atoms with Gasteiger partial charge in [0.1, 0.15) is 6.04 Å². The van der Waals surface area contributed by atoms with Crippen molar-refractivity contribution in [1.29, 1.82) is 0 Å². The number of carbonyl (C=O) groups is 2. The Balaban J connectivity index is 1.50. The van der Waals surface area contributed by atoms with Crippen LogP contribution in [0, 0.1) is 5.92 Å². The van der Waals surface area contributed by atoms with Crippen LogP contribution >= 0.6 is 0 Å². The molecule has 0 radical (unpaired) electrons. The molecule has 1 aromatic heterocycles. The Labute approximate surface area is 151 Å². The van der Waals surface area contributed by atoms with Gasteiger partial charge in [0.2, 0.25) is 5.89 Å². The van der Waals surface area contributed by atoms with Gasteiger partial charge in [-0.3, -0.25) is 4.79 Å². The summed E-state index contributed by atoms with van der Waals surface area (Å²) in [4.78, 5) is 27.4. The van der Waals surface area contributed by atoms with E-state index in [1.54, 1.807) is 6.20 Å². The number of hydrogen-bond acceptors (Lipinski definition) is 4. The predicted octanol–water partition coefficient (Wildman–Crippen LogP) is 3.35. The number of urea groups is 1. The third kappa shape index (κ3) is 4.41. The second-order valence-electron chi connectivity index (χ2n) is 6.66. The Morgan fingerprint density at radius 1 is 1.19 bits per heavy atom. The molecule has 3 rings (SSSR count). The largest absolute Gasteiger partial charge is 0.481 e. The first-order chi connectivity index (χ1) is 12.5. The number of carbonyl (C=O) groups excluding carboxylic acids is 1. The van der Waals surface area contributed by atoms with Gasteiger partial charge < -0.3 is 20.2 Å². The molecular formula is C19H23N3O4. The molecule has 138 valence electrons. The molecule has 26 heavy (non-hydrogen) atoms. The quantitative estimate of drug-likeness (QED) is 0.761. The minimum Gasteiger partial charge on any atom is -0.481 e. The number of aliphatic carboxylic acids is 1. The van der Waals surface area contributed by atoms with Gasteiger partial charge in [0.15, 0.2) is 5.76 Å². The van der Waals surface area contributed by atoms with Gasteiger partial charge in [-0.25, -0.2) is 9.78 Å². The highest BCUT2D eigenvalue weighted by Crippen LogP contribution is 2.25. The van der Waals surface area contributed by atoms with Crippen LogP contribution in [0.2, 0.25) is 0 Å². The lowest BCUT2D eigenvalue weighted by atomic mass is 9.86. The van der Waals surface area contributed by atoms with Gasteiger partial charge in [0.05, 0.1) is 12.1 Å². The van der Waals surface area contributed by atoms with E-state index < -0.39 is 5.97 Å². The Morgan fingerprint density at radius 2 is 1.88 bits per heavy atom. The number of nitrogens with zero attached hydrogens (tertiary/aromatic N) is 1. The van der Waals surface area contributed by atoms with Crippen LogP contribution in [-0.4, -0.2) is 28.1 Å². The number of carboxylic acid groups (broad SMARTS) is 1. The zero-order valence-electron chi connectivity index (χ0n) is 14.6. The topological polar surface area (TPSA) is 104 Å². The Bertz CT molecular complexity index is 751. The Hall–Kier alpha value is -2.83. The standard InChI is InChI=1S/C19H23N3O4/c1-12(17-20-11-16(26-17)13-5-3-2-4-6-13)21-19(25)22-15-9-7-14(8-10-15)18(23)24/h2-6,11-12,14-15H,7-10H2,1H3,(H,23,24)(H2,21,22,25). The summed E-state index contributed by atoms with van der Waals surface area (Å²) >= 11 is 0. The average Bonchev–Trinajstić information content (AvgIpc) is 3.13. The molecule has 1 aromatic carbocycles. The van der Waals surface area contributed by atoms with E-state index in [4.69, 9.17) is 9.52 Å². The van der Waals surface area contributed by atoms with Gasteiger partial charge in [-0.05, 0) is 32.6 Å². The fourth-order valence-electron chi connectivity index (χ4n) is 3.19. The molecule has 1 aliphatic carbocycles. The molecule has 0 aliphatic heterocycles. The summed E-state index contributed by atoms with van der Waals surface area (Å²) in [5, 5.41) is 14.7. The highest BCUT2D eigenvalue weighted by molar-refractivity contribution is 5.75. The summed E-state index contributed by atoms with van der Waals surface area (Å²) in [7, 11) is 0. The summed E-state index contributed by atoms with van der Waals surface area (Å²) in [6, 6.07) is 8.97. The smallest absolute Gasteiger partial charge is 0.315 e. The summed E-state index contributed by atoms with van der Waals surface area (Å²) < 4.78 is 5.74. The number of aromatic nitrogens is 1. The number of carboxylic acids is 1. The Morgan fingerprint density at radius 3 is 2.54 bits per heavy atom. The lowest BCUT2D eigenvalue weighted by molar-refractivity contribution is -0.142. The molecule has 7 nitrogen and oxygen atoms in total. The van der Waals surface area contributed by atoms with E-state index in [0.29, 0.717) is 37.3 Å². The van der Waals surface area contributed by atoms with E-state index in [0.717, 1.165) is 5.56 Å². The fraction of sp³-hybridized carbons (Fsp3) is 0.421. The fourth-order valence-corrected chi connectivity index (χ4v) is 3.19. The molecule has 1 heterocycles. The summed E-state index contributed by atoms with van der Waals surface area (Å²) in [5.74, 6) is 0.0497. The van der Waals surface area contributed by atoms with Crippen molar-refractivity contribution in [2.75, 3.05) is 0 Å². The monoisotopic (exact) mass is 357 g/mol. The van der Waals surface area contributed by atoms with Crippen LogP contribution in [0.15, 0.2) is 40.9 Å². The second-order valence-corrected chi connectivity index (χ2v) is 6.66. The van der Waals surface area contributed by atoms with Gasteiger partial charge in [0, 0.05) is 11.6 Å². The lowest BCUT2D eigenvalue weighted by Gasteiger charge is -2.27. The zero-order chi connectivity index (χ0) is 18.5. The molecule has 1 saturated carbocycles. The van der Waals surface area contributed by atoms with E-state index in [1.165, 1.54) is 0 Å². The van der Waals surface area contributed by atoms with Crippen LogP contribution in [0.5, 0.6) is 0 Å². The van der Waals surface area contributed by atoms with Crippen molar-refractivity contribution in [3.8, 4) is 11.3 Å². The molecule has 3 N–H and O–H groups in total. The van der Waals surface area contributed by atoms with E-state index in [2.05, 4.69) is 15.6 Å². The predicted molar refractivity (Wildman–Crippen MR) is 95.4 cm³/mol. The summed E-state index contributed by atoms with van der Waals surface area (Å²) in [6.07, 6.45) is 4.19. The van der Waals surface area contributed by atoms with Crippen LogP contribution in [0.1, 0.15) is 44.5 Å². The van der Waals surface area contributed by atoms with Crippen molar-refractivity contribution in [3.63, 3.8) is 0 Å². The van der Waals surface area contributed by atoms with Crippen LogP contribution in [0.4, 0.5) is 4.79 Å². The van der Waals surface area contributed by atoms with Gasteiger partial charge in [-0.2, -0.15) is 0 Å². The molecule has 1 aliphatic rings. The summed E-state index contributed by atoms with van der Waals surface area (Å²) in [5.41, 5.74) is 0.929. The van der Waals surface area contributed by atoms with Gasteiger partial charge >= 0.3 is 12.0 Å². The highest BCUT2D eigenvalue weighted by Gasteiger charge is 2.27. The molecular weight excluding hydrogens is 334 g/mol. The number of rotatable bonds is 5. The molecule has 1 fully saturated rings. The first kappa shape index (κ1) is 18.0. The average molecular weight is 357 g/mol. The molecule has 7 heteroatoms. The van der Waals surface area contributed by atoms with Crippen molar-refractivity contribution >= 4 is 12.0 Å². The number of amides is 2. The van der Waals surface area contributed by atoms with E-state index >= 15 is 0 Å². The minimum absolute atomic E-state index is 0.00207. The second kappa shape index (κ2) is 8.03. The highest BCUT2D eigenvalue weighted by atomic mass is 16.4. The minimum atomic E-state index is -0.750. The third-order valence-corrected chi connectivity index (χ3v) is 4.71. The van der Waals surface area contributed by atoms with Crippen LogP contribution in [0.25, 0.3) is 11.3 Å². The van der Waals surface area contributed by atoms with Crippen molar-refractivity contribution < 1.29 is 19.1 Å². The number of hydrogen-bond donors (Lipinski definition) is 3. The van der Waals surface area contributed by atoms with Crippen molar-refractivity contribution in [1.82, 2.24) is 15.6 Å². The van der Waals surface area contributed by atoms with E-state index in [1.807, 2.05) is 37.3 Å². The molecule has 0 saturated heterocycles. The van der Waals surface area contributed by atoms with Gasteiger partial charge in [0.25, 0.3) is 0 Å². The maximum atomic E-state index is 12.2. The molecule has 2 amide bonds. The third-order valence-electron chi connectivity index (χ3n) is 4.71. The number of benzene rings is 1. The summed E-state index contributed by atoms with van der Waals surface area (Å²) in [6.45, 7) is 1.81. The van der Waals surface area contributed by atoms with Crippen LogP contribution in [-0.2, 0) is 4.79 Å². The van der Waals surface area contributed by atoms with Crippen molar-refractivity contribution in [3.05, 3.63) is 42.4 Å². The first-order valence-corrected chi connectivity index (χ1v) is 8.84. The molecule has 0 spiro atoms. The van der Waals surface area contributed by atoms with E-state index in [9.17, 15) is 9.59 Å². The first-order valence-electron chi connectivity index (χ1n) is 8.84. The maximum absolute atomic E-state index is 12.2. The normalized spacial score (nSPS) is 21.0. The molecule has 1 unspecified atom stereocenters.